The monoisotopic (exact) mass is 426 g/mol. The summed E-state index contributed by atoms with van der Waals surface area (Å²) in [7, 11) is 3.12. The van der Waals surface area contributed by atoms with E-state index >= 15 is 0 Å². The van der Waals surface area contributed by atoms with Crippen LogP contribution in [0.4, 0.5) is 17.2 Å². The molecule has 0 radical (unpaired) electrons. The minimum absolute atomic E-state index is 0.225. The summed E-state index contributed by atoms with van der Waals surface area (Å²) in [6, 6.07) is 24.1. The van der Waals surface area contributed by atoms with Crippen molar-refractivity contribution in [1.29, 1.82) is 0 Å². The van der Waals surface area contributed by atoms with Crippen molar-refractivity contribution in [3.63, 3.8) is 0 Å². The highest BCUT2D eigenvalue weighted by molar-refractivity contribution is 6.04. The summed E-state index contributed by atoms with van der Waals surface area (Å²) in [4.78, 5) is 21.2. The molecule has 1 amide bonds. The van der Waals surface area contributed by atoms with Crippen molar-refractivity contribution in [3.05, 3.63) is 90.8 Å². The lowest BCUT2D eigenvalue weighted by Crippen LogP contribution is -2.12. The van der Waals surface area contributed by atoms with Gasteiger partial charge in [-0.15, -0.1) is 0 Å². The molecule has 0 fully saturated rings. The Morgan fingerprint density at radius 2 is 1.50 bits per heavy atom. The van der Waals surface area contributed by atoms with Crippen LogP contribution < -0.4 is 20.1 Å². The number of anilines is 3. The van der Waals surface area contributed by atoms with E-state index in [0.717, 1.165) is 16.9 Å². The van der Waals surface area contributed by atoms with Gasteiger partial charge < -0.3 is 20.1 Å². The first-order chi connectivity index (χ1) is 15.7. The molecule has 1 aromatic heterocycles. The average molecular weight is 426 g/mol. The van der Waals surface area contributed by atoms with Gasteiger partial charge in [-0.25, -0.2) is 9.97 Å². The number of carbonyl (C=O) groups excluding carboxylic acids is 1. The van der Waals surface area contributed by atoms with Crippen LogP contribution in [0.2, 0.25) is 0 Å². The smallest absolute Gasteiger partial charge is 0.255 e. The molecule has 3 aromatic carbocycles. The van der Waals surface area contributed by atoms with Gasteiger partial charge in [0.1, 0.15) is 12.1 Å². The second-order valence-corrected chi connectivity index (χ2v) is 6.88. The lowest BCUT2D eigenvalue weighted by atomic mass is 10.1. The maximum absolute atomic E-state index is 12.6. The third kappa shape index (κ3) is 4.84. The van der Waals surface area contributed by atoms with Gasteiger partial charge in [0, 0.05) is 34.6 Å². The Morgan fingerprint density at radius 3 is 2.22 bits per heavy atom. The van der Waals surface area contributed by atoms with E-state index < -0.39 is 0 Å². The lowest BCUT2D eigenvalue weighted by Gasteiger charge is -2.11. The van der Waals surface area contributed by atoms with Gasteiger partial charge in [-0.2, -0.15) is 0 Å². The number of rotatable bonds is 7. The maximum Gasteiger partial charge on any atom is 0.255 e. The number of hydrogen-bond acceptors (Lipinski definition) is 6. The second kappa shape index (κ2) is 9.61. The van der Waals surface area contributed by atoms with Gasteiger partial charge >= 0.3 is 0 Å². The molecule has 0 aliphatic heterocycles. The first kappa shape index (κ1) is 20.9. The number of nitrogens with zero attached hydrogens (tertiary/aromatic N) is 2. The van der Waals surface area contributed by atoms with E-state index in [1.54, 1.807) is 44.6 Å². The summed E-state index contributed by atoms with van der Waals surface area (Å²) in [5.41, 5.74) is 3.79. The summed E-state index contributed by atoms with van der Waals surface area (Å²) in [6.07, 6.45) is 1.52. The summed E-state index contributed by atoms with van der Waals surface area (Å²) < 4.78 is 10.5. The molecule has 0 atom stereocenters. The molecule has 4 aromatic rings. The van der Waals surface area contributed by atoms with E-state index in [0.29, 0.717) is 28.6 Å². The van der Waals surface area contributed by atoms with Crippen LogP contribution in [0.5, 0.6) is 11.5 Å². The summed E-state index contributed by atoms with van der Waals surface area (Å²) in [5, 5.41) is 6.11. The minimum Gasteiger partial charge on any atom is -0.493 e. The first-order valence-electron chi connectivity index (χ1n) is 9.94. The van der Waals surface area contributed by atoms with Gasteiger partial charge in [0.15, 0.2) is 11.5 Å². The Kier molecular flexibility index (Phi) is 6.27. The van der Waals surface area contributed by atoms with Gasteiger partial charge in [-0.1, -0.05) is 30.3 Å². The zero-order chi connectivity index (χ0) is 22.3. The zero-order valence-electron chi connectivity index (χ0n) is 17.7. The Hall–Kier alpha value is -4.39. The number of hydrogen-bond donors (Lipinski definition) is 2. The topological polar surface area (TPSA) is 85.4 Å². The first-order valence-corrected chi connectivity index (χ1v) is 9.94. The van der Waals surface area contributed by atoms with E-state index in [9.17, 15) is 4.79 Å². The number of methoxy groups -OCH3 is 2. The third-order valence-corrected chi connectivity index (χ3v) is 4.80. The molecule has 160 valence electrons. The van der Waals surface area contributed by atoms with Gasteiger partial charge in [-0.3, -0.25) is 4.79 Å². The molecular formula is C25H22N4O3. The normalized spacial score (nSPS) is 10.3. The van der Waals surface area contributed by atoms with Crippen molar-refractivity contribution in [2.24, 2.45) is 0 Å². The van der Waals surface area contributed by atoms with Gasteiger partial charge in [-0.05, 0) is 36.4 Å². The van der Waals surface area contributed by atoms with E-state index in [1.165, 1.54) is 6.33 Å². The molecule has 1 heterocycles. The molecule has 0 saturated carbocycles. The summed E-state index contributed by atoms with van der Waals surface area (Å²) >= 11 is 0. The highest BCUT2D eigenvalue weighted by atomic mass is 16.5. The fraction of sp³-hybridized carbons (Fsp3) is 0.0800. The highest BCUT2D eigenvalue weighted by Gasteiger charge is 2.10. The Balaban J connectivity index is 1.44. The molecule has 0 saturated heterocycles. The molecule has 4 rings (SSSR count). The summed E-state index contributed by atoms with van der Waals surface area (Å²) in [6.45, 7) is 0. The maximum atomic E-state index is 12.6. The molecule has 0 unspecified atom stereocenters. The molecular weight excluding hydrogens is 404 g/mol. The van der Waals surface area contributed by atoms with Gasteiger partial charge in [0.2, 0.25) is 0 Å². The number of amides is 1. The van der Waals surface area contributed by atoms with Crippen molar-refractivity contribution in [1.82, 2.24) is 9.97 Å². The zero-order valence-corrected chi connectivity index (χ0v) is 17.7. The fourth-order valence-electron chi connectivity index (χ4n) is 3.16. The Morgan fingerprint density at radius 1 is 0.781 bits per heavy atom. The van der Waals surface area contributed by atoms with Crippen molar-refractivity contribution < 1.29 is 14.3 Å². The van der Waals surface area contributed by atoms with Crippen LogP contribution in [0, 0.1) is 0 Å². The summed E-state index contributed by atoms with van der Waals surface area (Å²) in [5.74, 6) is 1.59. The Labute approximate surface area is 186 Å². The average Bonchev–Trinajstić information content (AvgIpc) is 2.85. The van der Waals surface area contributed by atoms with Crippen LogP contribution in [0.15, 0.2) is 85.2 Å². The SMILES string of the molecule is COc1ccc(NC(=O)c2ccc(Nc3cc(-c4ccccc4)ncn3)cc2)cc1OC. The van der Waals surface area contributed by atoms with Crippen LogP contribution in [0.25, 0.3) is 11.3 Å². The van der Waals surface area contributed by atoms with Crippen molar-refractivity contribution in [2.75, 3.05) is 24.9 Å². The number of carbonyl (C=O) groups is 1. The highest BCUT2D eigenvalue weighted by Crippen LogP contribution is 2.30. The quantitative estimate of drug-likeness (QED) is 0.425. The number of nitrogens with one attached hydrogen (secondary N) is 2. The van der Waals surface area contributed by atoms with E-state index in [2.05, 4.69) is 20.6 Å². The van der Waals surface area contributed by atoms with Crippen molar-refractivity contribution in [3.8, 4) is 22.8 Å². The molecule has 0 spiro atoms. The van der Waals surface area contributed by atoms with E-state index in [-0.39, 0.29) is 5.91 Å². The number of aromatic nitrogens is 2. The largest absolute Gasteiger partial charge is 0.493 e. The van der Waals surface area contributed by atoms with Gasteiger partial charge in [0.25, 0.3) is 5.91 Å². The predicted molar refractivity (Wildman–Crippen MR) is 125 cm³/mol. The number of ether oxygens (including phenoxy) is 2. The van der Waals surface area contributed by atoms with Crippen LogP contribution in [-0.4, -0.2) is 30.1 Å². The molecule has 7 heteroatoms. The fourth-order valence-corrected chi connectivity index (χ4v) is 3.16. The lowest BCUT2D eigenvalue weighted by molar-refractivity contribution is 0.102. The molecule has 0 aliphatic rings. The van der Waals surface area contributed by atoms with Crippen LogP contribution in [-0.2, 0) is 0 Å². The minimum atomic E-state index is -0.225. The van der Waals surface area contributed by atoms with Crippen LogP contribution >= 0.6 is 0 Å². The molecule has 2 N–H and O–H groups in total. The Bertz CT molecular complexity index is 1210. The van der Waals surface area contributed by atoms with E-state index in [4.69, 9.17) is 9.47 Å². The molecule has 0 aliphatic carbocycles. The van der Waals surface area contributed by atoms with Crippen molar-refractivity contribution in [2.45, 2.75) is 0 Å². The van der Waals surface area contributed by atoms with Gasteiger partial charge in [0.05, 0.1) is 19.9 Å². The van der Waals surface area contributed by atoms with Crippen LogP contribution in [0.3, 0.4) is 0 Å². The van der Waals surface area contributed by atoms with Crippen LogP contribution in [0.1, 0.15) is 10.4 Å². The van der Waals surface area contributed by atoms with Crippen molar-refractivity contribution >= 4 is 23.1 Å². The third-order valence-electron chi connectivity index (χ3n) is 4.80. The predicted octanol–water partition coefficient (Wildman–Crippen LogP) is 5.16. The number of benzene rings is 3. The molecule has 32 heavy (non-hydrogen) atoms. The second-order valence-electron chi connectivity index (χ2n) is 6.88. The molecule has 7 nitrogen and oxygen atoms in total. The molecule has 0 bridgehead atoms. The van der Waals surface area contributed by atoms with E-state index in [1.807, 2.05) is 48.5 Å². The standard InChI is InChI=1S/C25H22N4O3/c1-31-22-13-12-20(14-23(22)32-2)29-25(30)18-8-10-19(11-9-18)28-24-15-21(26-16-27-24)17-6-4-3-5-7-17/h3-16H,1-2H3,(H,29,30)(H,26,27,28).